The van der Waals surface area contributed by atoms with Gasteiger partial charge in [-0.15, -0.1) is 0 Å². The number of rotatable bonds is 108. The molecule has 0 aromatic heterocycles. The number of hydrogen-bond donors (Lipinski definition) is 0. The predicted octanol–water partition coefficient (Wildman–Crippen LogP) is 54.0. The smallest absolute Gasteiger partial charge is 0.00541 e. The molecule has 0 saturated heterocycles. The third-order valence-corrected chi connectivity index (χ3v) is 36.7. The highest BCUT2D eigenvalue weighted by molar-refractivity contribution is 5.32. The maximum Gasteiger partial charge on any atom is -0.00541 e. The van der Waals surface area contributed by atoms with E-state index in [0.29, 0.717) is 16.2 Å². The van der Waals surface area contributed by atoms with Crippen LogP contribution in [0.2, 0.25) is 0 Å². The summed E-state index contributed by atoms with van der Waals surface area (Å²) in [6, 6.07) is 0. The first kappa shape index (κ1) is 140. The van der Waals surface area contributed by atoms with Gasteiger partial charge in [-0.25, -0.2) is 0 Å². The summed E-state index contributed by atoms with van der Waals surface area (Å²) in [5.41, 5.74) is 13.5. The standard InChI is InChI=1S/C45H88.C37H72.C32H62.C29H56/c1-6-11-16-21-26-31-36-42-41-43(37-32-27-22-17-12-7-2)45(39-34-29-24-19-14-9-4,40-35-30-25-20-15-10-5)44(42)38-33-28-23-18-13-8-3;1-5-9-13-17-21-25-29-36(30-26-22-18-14-10-6-2)33-34-37(35-36,31-27-23-19-15-11-7-3)32-28-24-20-16-12-8-4;1-4-7-10-13-16-19-22-25-30-28-29-31(26-23-20-17-14-11-8-5-2)32(30)27-24-21-18-15-12-9-6-3;1-4-7-10-13-16-19-22-27-25-26-28(23-20-17-14-11-8-5-2)29(27)24-21-18-15-12-9-6-3/h43H,6-41H2,1-5H3;33-34H,5-32,35H2,1-4H3;30H,4-29H2,1-3H3;27H,4-26H2,1-3H3. The number of unbranched alkanes of at least 4 members (excludes halogenated alkanes) is 78. The van der Waals surface area contributed by atoms with Crippen molar-refractivity contribution in [2.24, 2.45) is 34.0 Å². The monoisotopic (exact) mass is 2000 g/mol. The van der Waals surface area contributed by atoms with Crippen molar-refractivity contribution in [1.29, 1.82) is 0 Å². The Balaban J connectivity index is 0.000000966. The Morgan fingerprint density at radius 1 is 0.175 bits per heavy atom. The molecule has 0 radical (unpaired) electrons. The first-order chi connectivity index (χ1) is 70.5. The molecule has 0 aromatic carbocycles. The summed E-state index contributed by atoms with van der Waals surface area (Å²) in [6.45, 7) is 35.1. The van der Waals surface area contributed by atoms with Gasteiger partial charge in [0.15, 0.2) is 0 Å². The van der Waals surface area contributed by atoms with Crippen LogP contribution >= 0.6 is 0 Å². The zero-order chi connectivity index (χ0) is 104. The minimum atomic E-state index is 0.528. The summed E-state index contributed by atoms with van der Waals surface area (Å²) in [5.74, 6) is 2.89. The lowest BCUT2D eigenvalue weighted by atomic mass is 9.64. The van der Waals surface area contributed by atoms with E-state index in [9.17, 15) is 0 Å². The molecular formula is C143H278. The molecule has 4 rings (SSSR count). The van der Waals surface area contributed by atoms with Crippen LogP contribution in [0.5, 0.6) is 0 Å². The van der Waals surface area contributed by atoms with E-state index in [1.54, 1.807) is 0 Å². The maximum absolute atomic E-state index is 2.80. The largest absolute Gasteiger partial charge is 0.0817 e. The van der Waals surface area contributed by atoms with E-state index in [1.807, 2.05) is 27.9 Å². The van der Waals surface area contributed by atoms with Crippen LogP contribution in [-0.2, 0) is 0 Å². The Bertz CT molecular complexity index is 2550. The van der Waals surface area contributed by atoms with Crippen LogP contribution in [0.1, 0.15) is 836 Å². The van der Waals surface area contributed by atoms with Gasteiger partial charge in [0.05, 0.1) is 0 Å². The molecule has 3 unspecified atom stereocenters. The molecule has 0 fully saturated rings. The molecule has 0 heteroatoms. The third-order valence-electron chi connectivity index (χ3n) is 36.7. The van der Waals surface area contributed by atoms with Gasteiger partial charge in [-0.1, -0.05) is 708 Å². The molecule has 0 aliphatic heterocycles. The van der Waals surface area contributed by atoms with Gasteiger partial charge in [0.2, 0.25) is 0 Å². The van der Waals surface area contributed by atoms with E-state index in [2.05, 4.69) is 122 Å². The van der Waals surface area contributed by atoms with Crippen molar-refractivity contribution in [3.8, 4) is 0 Å². The van der Waals surface area contributed by atoms with E-state index < -0.39 is 0 Å². The third kappa shape index (κ3) is 77.9. The Morgan fingerprint density at radius 2 is 0.357 bits per heavy atom. The predicted molar refractivity (Wildman–Crippen MR) is 659 cm³/mol. The van der Waals surface area contributed by atoms with Crippen molar-refractivity contribution < 1.29 is 0 Å². The van der Waals surface area contributed by atoms with E-state index in [4.69, 9.17) is 0 Å². The highest BCUT2D eigenvalue weighted by atomic mass is 14.5. The van der Waals surface area contributed by atoms with E-state index in [1.165, 1.54) is 732 Å². The van der Waals surface area contributed by atoms with Gasteiger partial charge in [0.25, 0.3) is 0 Å². The molecule has 0 nitrogen and oxygen atoms in total. The maximum atomic E-state index is 2.80. The molecule has 0 N–H and O–H groups in total. The van der Waals surface area contributed by atoms with Gasteiger partial charge < -0.3 is 0 Å². The molecule has 0 aromatic rings. The topological polar surface area (TPSA) is 0 Å². The Kier molecular flexibility index (Phi) is 106. The Labute approximate surface area is 909 Å². The number of allylic oxidation sites excluding steroid dienone is 8. The van der Waals surface area contributed by atoms with Gasteiger partial charge in [0.1, 0.15) is 0 Å². The minimum absolute atomic E-state index is 0.528. The molecule has 4 aliphatic carbocycles. The van der Waals surface area contributed by atoms with Crippen LogP contribution < -0.4 is 0 Å². The zero-order valence-electron chi connectivity index (χ0n) is 103. The van der Waals surface area contributed by atoms with Crippen LogP contribution in [0.4, 0.5) is 0 Å². The summed E-state index contributed by atoms with van der Waals surface area (Å²) in [6.07, 6.45) is 171. The Hall–Kier alpha value is -1.04. The minimum Gasteiger partial charge on any atom is -0.0817 e. The molecule has 4 aliphatic rings. The summed E-state index contributed by atoms with van der Waals surface area (Å²) in [4.78, 5) is 0. The second kappa shape index (κ2) is 108. The first-order valence-electron chi connectivity index (χ1n) is 69.3. The van der Waals surface area contributed by atoms with E-state index in [-0.39, 0.29) is 0 Å². The summed E-state index contributed by atoms with van der Waals surface area (Å²) >= 11 is 0. The summed E-state index contributed by atoms with van der Waals surface area (Å²) in [7, 11) is 0. The van der Waals surface area contributed by atoms with Crippen molar-refractivity contribution in [2.75, 3.05) is 0 Å². The highest BCUT2D eigenvalue weighted by Crippen LogP contribution is 2.59. The quantitative estimate of drug-likeness (QED) is 0.0421. The van der Waals surface area contributed by atoms with Crippen molar-refractivity contribution in [2.45, 2.75) is 836 Å². The second-order valence-electron chi connectivity index (χ2n) is 50.0. The van der Waals surface area contributed by atoms with Gasteiger partial charge in [-0.3, -0.25) is 0 Å². The first-order valence-corrected chi connectivity index (χ1v) is 69.3. The van der Waals surface area contributed by atoms with Crippen molar-refractivity contribution >= 4 is 0 Å². The molecule has 0 saturated carbocycles. The van der Waals surface area contributed by atoms with E-state index in [0.717, 1.165) is 17.8 Å². The van der Waals surface area contributed by atoms with Crippen LogP contribution in [-0.4, -0.2) is 0 Å². The highest BCUT2D eigenvalue weighted by Gasteiger charge is 2.47. The number of hydrogen-bond acceptors (Lipinski definition) is 0. The lowest BCUT2D eigenvalue weighted by Gasteiger charge is -2.40. The normalized spacial score (nSPS) is 16.4. The molecule has 0 heterocycles. The fraction of sp³-hybridized carbons (Fsp3) is 0.944. The van der Waals surface area contributed by atoms with Crippen LogP contribution in [0, 0.1) is 34.0 Å². The molecular weight excluding hydrogens is 1720 g/mol. The zero-order valence-corrected chi connectivity index (χ0v) is 103. The molecule has 3 atom stereocenters. The van der Waals surface area contributed by atoms with Crippen LogP contribution in [0.15, 0.2) is 45.6 Å². The lowest BCUT2D eigenvalue weighted by molar-refractivity contribution is 0.165. The molecule has 0 bridgehead atoms. The van der Waals surface area contributed by atoms with Crippen molar-refractivity contribution in [1.82, 2.24) is 0 Å². The summed E-state index contributed by atoms with van der Waals surface area (Å²) in [5, 5.41) is 0. The fourth-order valence-electron chi connectivity index (χ4n) is 27.3. The fourth-order valence-corrected chi connectivity index (χ4v) is 27.3. The SMILES string of the molecule is CCCCCCCCC1(CCCCCCCC)C=CC(CCCCCCCC)(CCCCCCCC)C1.CCCCCCCCC1=C(CCCCCCCC)C(CCCCCCCC)(CCCCCCCC)C(CCCCCCCC)C1.CCCCCCCCC1=C(CCCCCCCC)C(CCCCCCCC)CC1.CCCCCCCCCC1=C(CCCCCCCCC)C(CCCCCCCCC)CC1. The van der Waals surface area contributed by atoms with E-state index >= 15 is 0 Å². The van der Waals surface area contributed by atoms with Gasteiger partial charge in [0, 0.05) is 0 Å². The van der Waals surface area contributed by atoms with Crippen LogP contribution in [0.3, 0.4) is 0 Å². The molecule has 850 valence electrons. The van der Waals surface area contributed by atoms with Gasteiger partial charge >= 0.3 is 0 Å². The van der Waals surface area contributed by atoms with Crippen LogP contribution in [0.25, 0.3) is 0 Å². The van der Waals surface area contributed by atoms with Crippen molar-refractivity contribution in [3.05, 3.63) is 45.6 Å². The molecule has 143 heavy (non-hydrogen) atoms. The average Bonchev–Trinajstić information content (AvgIpc) is 1.61. The molecule has 0 spiro atoms. The Morgan fingerprint density at radius 3 is 0.594 bits per heavy atom. The van der Waals surface area contributed by atoms with Gasteiger partial charge in [-0.05, 0) is 207 Å². The lowest BCUT2D eigenvalue weighted by Crippen LogP contribution is -2.29. The molecule has 0 amide bonds. The van der Waals surface area contributed by atoms with Gasteiger partial charge in [-0.2, -0.15) is 0 Å². The second-order valence-corrected chi connectivity index (χ2v) is 50.0. The average molecular weight is 2000 g/mol. The van der Waals surface area contributed by atoms with Crippen molar-refractivity contribution in [3.63, 3.8) is 0 Å². The summed E-state index contributed by atoms with van der Waals surface area (Å²) < 4.78 is 0.